The molecule has 2 aromatic rings. The van der Waals surface area contributed by atoms with Crippen molar-refractivity contribution in [2.75, 3.05) is 6.54 Å². The van der Waals surface area contributed by atoms with E-state index in [0.29, 0.717) is 28.3 Å². The van der Waals surface area contributed by atoms with Crippen LogP contribution < -0.4 is 0 Å². The highest BCUT2D eigenvalue weighted by atomic mass is 35.5. The summed E-state index contributed by atoms with van der Waals surface area (Å²) in [6.07, 6.45) is 5.18. The van der Waals surface area contributed by atoms with Crippen LogP contribution in [0.25, 0.3) is 6.08 Å². The van der Waals surface area contributed by atoms with Crippen molar-refractivity contribution in [2.24, 2.45) is 11.8 Å². The summed E-state index contributed by atoms with van der Waals surface area (Å²) in [6, 6.07) is 16.5. The predicted octanol–water partition coefficient (Wildman–Crippen LogP) is 6.26. The molecular weight excluding hydrogens is 402 g/mol. The van der Waals surface area contributed by atoms with Crippen molar-refractivity contribution < 1.29 is 8.42 Å². The molecule has 156 valence electrons. The van der Waals surface area contributed by atoms with Crippen LogP contribution in [0.1, 0.15) is 45.6 Å². The van der Waals surface area contributed by atoms with Gasteiger partial charge < -0.3 is 0 Å². The molecule has 0 aromatic heterocycles. The standard InChI is InChI=1S/C24H30ClNO2S/c1-18-9-10-20(3)24(16-18)26(17-19(2)15-21-7-5-4-6-8-21)29(27,28)23-13-11-22(25)12-14-23/h4-8,11-15,18,20,24H,9-10,16-17H2,1-3H3. The Bertz CT molecular complexity index is 939. The molecule has 0 spiro atoms. The molecule has 5 heteroatoms. The highest BCUT2D eigenvalue weighted by Crippen LogP contribution is 2.35. The lowest BCUT2D eigenvalue weighted by molar-refractivity contribution is 0.164. The summed E-state index contributed by atoms with van der Waals surface area (Å²) in [7, 11) is -3.63. The van der Waals surface area contributed by atoms with E-state index in [0.717, 1.165) is 30.4 Å². The maximum absolute atomic E-state index is 13.6. The van der Waals surface area contributed by atoms with Crippen LogP contribution in [0.5, 0.6) is 0 Å². The van der Waals surface area contributed by atoms with Crippen molar-refractivity contribution in [3.05, 3.63) is 70.8 Å². The van der Waals surface area contributed by atoms with Crippen LogP contribution in [0.15, 0.2) is 65.1 Å². The molecule has 1 aliphatic rings. The molecule has 3 rings (SSSR count). The van der Waals surface area contributed by atoms with E-state index in [-0.39, 0.29) is 6.04 Å². The molecule has 0 radical (unpaired) electrons. The number of sulfonamides is 1. The molecule has 1 saturated carbocycles. The number of nitrogens with zero attached hydrogens (tertiary/aromatic N) is 1. The van der Waals surface area contributed by atoms with Crippen molar-refractivity contribution in [3.63, 3.8) is 0 Å². The number of halogens is 1. The Morgan fingerprint density at radius 2 is 1.72 bits per heavy atom. The maximum atomic E-state index is 13.6. The Kier molecular flexibility index (Phi) is 7.20. The molecule has 0 saturated heterocycles. The topological polar surface area (TPSA) is 37.4 Å². The van der Waals surface area contributed by atoms with Gasteiger partial charge in [-0.2, -0.15) is 4.31 Å². The van der Waals surface area contributed by atoms with Gasteiger partial charge in [0.05, 0.1) is 4.90 Å². The first-order chi connectivity index (χ1) is 13.8. The molecular formula is C24H30ClNO2S. The first kappa shape index (κ1) is 22.1. The van der Waals surface area contributed by atoms with Gasteiger partial charge in [-0.3, -0.25) is 0 Å². The lowest BCUT2D eigenvalue weighted by atomic mass is 9.80. The van der Waals surface area contributed by atoms with E-state index in [1.54, 1.807) is 28.6 Å². The summed E-state index contributed by atoms with van der Waals surface area (Å²) in [6.45, 7) is 6.80. The molecule has 1 fully saturated rings. The predicted molar refractivity (Wildman–Crippen MR) is 121 cm³/mol. The Morgan fingerprint density at radius 3 is 2.38 bits per heavy atom. The quantitative estimate of drug-likeness (QED) is 0.541. The van der Waals surface area contributed by atoms with Crippen molar-refractivity contribution >= 4 is 27.7 Å². The molecule has 0 amide bonds. The zero-order valence-corrected chi connectivity index (χ0v) is 19.0. The summed E-state index contributed by atoms with van der Waals surface area (Å²) >= 11 is 5.99. The van der Waals surface area contributed by atoms with E-state index in [4.69, 9.17) is 11.6 Å². The second-order valence-corrected chi connectivity index (χ2v) is 10.7. The van der Waals surface area contributed by atoms with Crippen LogP contribution in [-0.2, 0) is 10.0 Å². The Morgan fingerprint density at radius 1 is 1.07 bits per heavy atom. The Hall–Kier alpha value is -1.62. The number of rotatable bonds is 6. The fourth-order valence-electron chi connectivity index (χ4n) is 4.15. The van der Waals surface area contributed by atoms with Gasteiger partial charge in [0.2, 0.25) is 10.0 Å². The SMILES string of the molecule is CC(=Cc1ccccc1)CN(C1CC(C)CCC1C)S(=O)(=O)c1ccc(Cl)cc1. The Labute approximate surface area is 180 Å². The largest absolute Gasteiger partial charge is 0.243 e. The van der Waals surface area contributed by atoms with Crippen LogP contribution >= 0.6 is 11.6 Å². The molecule has 1 aliphatic carbocycles. The summed E-state index contributed by atoms with van der Waals surface area (Å²) in [5, 5.41) is 0.537. The highest BCUT2D eigenvalue weighted by Gasteiger charge is 2.37. The van der Waals surface area contributed by atoms with Crippen molar-refractivity contribution in [1.82, 2.24) is 4.31 Å². The number of benzene rings is 2. The normalized spacial score (nSPS) is 23.3. The molecule has 29 heavy (non-hydrogen) atoms. The highest BCUT2D eigenvalue weighted by molar-refractivity contribution is 7.89. The van der Waals surface area contributed by atoms with Gasteiger partial charge in [-0.25, -0.2) is 8.42 Å². The zero-order valence-electron chi connectivity index (χ0n) is 17.4. The maximum Gasteiger partial charge on any atom is 0.243 e. The smallest absolute Gasteiger partial charge is 0.207 e. The summed E-state index contributed by atoms with van der Waals surface area (Å²) in [5.74, 6) is 0.857. The van der Waals surface area contributed by atoms with Gasteiger partial charge >= 0.3 is 0 Å². The molecule has 3 unspecified atom stereocenters. The van der Waals surface area contributed by atoms with Crippen LogP contribution in [0.4, 0.5) is 0 Å². The molecule has 3 atom stereocenters. The average molecular weight is 432 g/mol. The molecule has 3 nitrogen and oxygen atoms in total. The van der Waals surface area contributed by atoms with E-state index in [1.165, 1.54) is 0 Å². The molecule has 0 bridgehead atoms. The zero-order chi connectivity index (χ0) is 21.0. The number of hydrogen-bond acceptors (Lipinski definition) is 2. The van der Waals surface area contributed by atoms with E-state index >= 15 is 0 Å². The third-order valence-electron chi connectivity index (χ3n) is 5.82. The first-order valence-corrected chi connectivity index (χ1v) is 12.1. The lowest BCUT2D eigenvalue weighted by Gasteiger charge is -2.40. The van der Waals surface area contributed by atoms with Crippen molar-refractivity contribution in [2.45, 2.75) is 51.0 Å². The van der Waals surface area contributed by atoms with Gasteiger partial charge in [0.1, 0.15) is 0 Å². The van der Waals surface area contributed by atoms with Crippen LogP contribution in [0.3, 0.4) is 0 Å². The number of hydrogen-bond donors (Lipinski definition) is 0. The average Bonchev–Trinajstić information content (AvgIpc) is 2.69. The van der Waals surface area contributed by atoms with Gasteiger partial charge in [0.15, 0.2) is 0 Å². The van der Waals surface area contributed by atoms with E-state index < -0.39 is 10.0 Å². The van der Waals surface area contributed by atoms with Crippen LogP contribution in [-0.4, -0.2) is 25.3 Å². The monoisotopic (exact) mass is 431 g/mol. The van der Waals surface area contributed by atoms with Gasteiger partial charge in [-0.05, 0) is 61.4 Å². The summed E-state index contributed by atoms with van der Waals surface area (Å²) in [5.41, 5.74) is 2.11. The minimum Gasteiger partial charge on any atom is -0.207 e. The van der Waals surface area contributed by atoms with Gasteiger partial charge in [-0.15, -0.1) is 0 Å². The molecule has 0 N–H and O–H groups in total. The van der Waals surface area contributed by atoms with E-state index in [9.17, 15) is 8.42 Å². The van der Waals surface area contributed by atoms with Crippen LogP contribution in [0, 0.1) is 11.8 Å². The fourth-order valence-corrected chi connectivity index (χ4v) is 6.05. The third-order valence-corrected chi connectivity index (χ3v) is 7.96. The lowest BCUT2D eigenvalue weighted by Crippen LogP contribution is -2.47. The van der Waals surface area contributed by atoms with Gasteiger partial charge in [0.25, 0.3) is 0 Å². The van der Waals surface area contributed by atoms with Gasteiger partial charge in [0, 0.05) is 17.6 Å². The third kappa shape index (κ3) is 5.50. The molecule has 0 heterocycles. The summed E-state index contributed by atoms with van der Waals surface area (Å²) in [4.78, 5) is 0.305. The molecule has 2 aromatic carbocycles. The second kappa shape index (κ2) is 9.46. The van der Waals surface area contributed by atoms with Crippen molar-refractivity contribution in [3.8, 4) is 0 Å². The fraction of sp³-hybridized carbons (Fsp3) is 0.417. The van der Waals surface area contributed by atoms with Crippen LogP contribution in [0.2, 0.25) is 5.02 Å². The minimum absolute atomic E-state index is 0.00134. The first-order valence-electron chi connectivity index (χ1n) is 10.3. The minimum atomic E-state index is -3.63. The Balaban J connectivity index is 1.97. The molecule has 0 aliphatic heterocycles. The van der Waals surface area contributed by atoms with E-state index in [2.05, 4.69) is 19.9 Å². The van der Waals surface area contributed by atoms with E-state index in [1.807, 2.05) is 37.3 Å². The summed E-state index contributed by atoms with van der Waals surface area (Å²) < 4.78 is 29.0. The van der Waals surface area contributed by atoms with Crippen molar-refractivity contribution in [1.29, 1.82) is 0 Å². The van der Waals surface area contributed by atoms with Gasteiger partial charge in [-0.1, -0.05) is 73.9 Å². The second-order valence-electron chi connectivity index (χ2n) is 8.37.